The van der Waals surface area contributed by atoms with Gasteiger partial charge in [-0.2, -0.15) is 0 Å². The fourth-order valence-electron chi connectivity index (χ4n) is 13.1. The third-order valence-corrected chi connectivity index (χ3v) is 18.5. The number of rotatable bonds is 9. The summed E-state index contributed by atoms with van der Waals surface area (Å²) in [7, 11) is -11.1. The summed E-state index contributed by atoms with van der Waals surface area (Å²) in [6.07, 6.45) is 36.9. The van der Waals surface area contributed by atoms with Gasteiger partial charge in [-0.1, -0.05) is 116 Å². The van der Waals surface area contributed by atoms with Crippen LogP contribution in [-0.4, -0.2) is 15.3 Å². The minimum absolute atomic E-state index is 0.410. The number of aromatic hydroxyl groups is 3. The Balaban J connectivity index is 0.000000763. The van der Waals surface area contributed by atoms with Crippen molar-refractivity contribution in [1.29, 1.82) is 0 Å². The minimum atomic E-state index is -10.7. The maximum atomic E-state index is 12.4. The van der Waals surface area contributed by atoms with Crippen molar-refractivity contribution in [3.63, 3.8) is 0 Å². The van der Waals surface area contributed by atoms with Crippen molar-refractivity contribution >= 4 is 18.7 Å². The number of phenols is 3. The second-order valence-corrected chi connectivity index (χ2v) is 25.1. The van der Waals surface area contributed by atoms with E-state index in [9.17, 15) is 40.5 Å². The average molecular weight is 949 g/mol. The van der Waals surface area contributed by atoms with Gasteiger partial charge in [0.25, 0.3) is 0 Å². The van der Waals surface area contributed by atoms with Gasteiger partial charge in [0, 0.05) is 69.8 Å². The summed E-state index contributed by atoms with van der Waals surface area (Å²) in [5, 5.41) is 37.2. The molecule has 3 aromatic carbocycles. The van der Waals surface area contributed by atoms with Crippen LogP contribution >= 0.6 is 7.81 Å². The minimum Gasteiger partial charge on any atom is -0.507 e. The molecule has 3 nitrogen and oxygen atoms in total. The molecule has 0 heterocycles. The molecule has 0 amide bonds. The van der Waals surface area contributed by atoms with Gasteiger partial charge in [0.2, 0.25) is 0 Å². The average Bonchev–Trinajstić information content (AvgIpc) is 3.31. The second kappa shape index (κ2) is 20.2. The number of phenolic OH excluding ortho intramolecular Hbond substituents is 3. The van der Waals surface area contributed by atoms with Gasteiger partial charge in [0.05, 0.1) is 10.9 Å². The molecular weight excluding hydrogens is 874 g/mol. The third-order valence-electron chi connectivity index (χ3n) is 16.4. The van der Waals surface area contributed by atoms with E-state index >= 15 is 0 Å². The van der Waals surface area contributed by atoms with E-state index in [2.05, 4.69) is 36.4 Å². The first kappa shape index (κ1) is 48.9. The summed E-state index contributed by atoms with van der Waals surface area (Å²) in [4.78, 5) is 4.09. The molecule has 6 fully saturated rings. The summed E-state index contributed by atoms with van der Waals surface area (Å²) in [6.45, 7) is 0. The molecule has 0 atom stereocenters. The maximum Gasteiger partial charge on any atom is 0.167 e. The smallest absolute Gasteiger partial charge is 0.167 e. The fourth-order valence-corrected chi connectivity index (χ4v) is 15.4. The standard InChI is InChI=1S/C54H74O3S.F6P/c55-52-46(37-19-7-1-8-20-37)31-43(32-47(52)38-21-9-2-10-22-38)58(44-33-48(39-23-11-3-12-24-39)53(56)49(34-44)40-25-13-4-14-26-40)45-35-50(41-27-15-5-16-28-41)54(57)51(36-45)42-29-17-6-18-30-42;1-7(2,3,4,5)6/h31-42H,1-30H2,(H2-,55,56,57);/q;-1/p+1. The molecule has 0 aliphatic heterocycles. The Morgan fingerprint density at radius 2 is 0.431 bits per heavy atom. The van der Waals surface area contributed by atoms with E-state index in [1.807, 2.05) is 0 Å². The molecule has 9 rings (SSSR count). The van der Waals surface area contributed by atoms with Crippen LogP contribution in [0.2, 0.25) is 0 Å². The first-order chi connectivity index (χ1) is 31.0. The van der Waals surface area contributed by atoms with Crippen molar-refractivity contribution in [3.8, 4) is 17.2 Å². The van der Waals surface area contributed by atoms with Crippen LogP contribution < -0.4 is 0 Å². The van der Waals surface area contributed by atoms with E-state index < -0.39 is 18.7 Å². The van der Waals surface area contributed by atoms with E-state index in [0.717, 1.165) is 0 Å². The van der Waals surface area contributed by atoms with Crippen LogP contribution in [0.3, 0.4) is 0 Å². The molecule has 6 aliphatic rings. The van der Waals surface area contributed by atoms with Crippen molar-refractivity contribution in [2.75, 3.05) is 0 Å². The number of hydrogen-bond donors (Lipinski definition) is 3. The predicted molar refractivity (Wildman–Crippen MR) is 255 cm³/mol. The largest absolute Gasteiger partial charge is 0.507 e. The van der Waals surface area contributed by atoms with Crippen molar-refractivity contribution in [3.05, 3.63) is 69.8 Å². The van der Waals surface area contributed by atoms with Crippen LogP contribution in [0.25, 0.3) is 0 Å². The van der Waals surface area contributed by atoms with E-state index in [0.29, 0.717) is 52.8 Å². The Labute approximate surface area is 387 Å². The van der Waals surface area contributed by atoms with Gasteiger partial charge in [0.15, 0.2) is 14.7 Å². The Kier molecular flexibility index (Phi) is 15.2. The molecule has 362 valence electrons. The molecule has 0 unspecified atom stereocenters. The van der Waals surface area contributed by atoms with Crippen LogP contribution in [0.4, 0.5) is 25.2 Å². The first-order valence-corrected chi connectivity index (χ1v) is 29.1. The topological polar surface area (TPSA) is 60.7 Å². The molecule has 6 saturated carbocycles. The van der Waals surface area contributed by atoms with Crippen LogP contribution in [0, 0.1) is 0 Å². The second-order valence-electron chi connectivity index (χ2n) is 21.1. The molecule has 3 N–H and O–H groups in total. The molecule has 0 aromatic heterocycles. The van der Waals surface area contributed by atoms with E-state index in [1.54, 1.807) is 0 Å². The summed E-state index contributed by atoms with van der Waals surface area (Å²) in [6, 6.07) is 14.9. The molecule has 11 heteroatoms. The quantitative estimate of drug-likeness (QED) is 0.114. The molecule has 0 spiro atoms. The first-order valence-electron chi connectivity index (χ1n) is 25.9. The summed E-state index contributed by atoms with van der Waals surface area (Å²) >= 11 is 0. The molecule has 3 aromatic rings. The Morgan fingerprint density at radius 1 is 0.292 bits per heavy atom. The number of benzene rings is 3. The zero-order chi connectivity index (χ0) is 45.8. The molecule has 65 heavy (non-hydrogen) atoms. The molecule has 0 saturated heterocycles. The molecule has 6 aliphatic carbocycles. The van der Waals surface area contributed by atoms with Gasteiger partial charge >= 0.3 is 33.0 Å². The van der Waals surface area contributed by atoms with Crippen molar-refractivity contribution < 1.29 is 40.5 Å². The molecule has 0 radical (unpaired) electrons. The monoisotopic (exact) mass is 949 g/mol. The Hall–Kier alpha value is -2.58. The van der Waals surface area contributed by atoms with Gasteiger partial charge in [-0.3, -0.25) is 0 Å². The van der Waals surface area contributed by atoms with Gasteiger partial charge < -0.3 is 15.3 Å². The normalized spacial score (nSPS) is 23.1. The van der Waals surface area contributed by atoms with Crippen molar-refractivity contribution in [1.82, 2.24) is 0 Å². The molecular formula is C54H75F6O3PS. The van der Waals surface area contributed by atoms with E-state index in [-0.39, 0.29) is 0 Å². The van der Waals surface area contributed by atoms with Gasteiger partial charge in [-0.15, -0.1) is 0 Å². The van der Waals surface area contributed by atoms with Crippen LogP contribution in [0.15, 0.2) is 51.1 Å². The zero-order valence-corrected chi connectivity index (χ0v) is 40.3. The van der Waals surface area contributed by atoms with Crippen LogP contribution in [-0.2, 0) is 10.9 Å². The summed E-state index contributed by atoms with van der Waals surface area (Å²) in [5.41, 5.74) is 7.29. The number of halogens is 6. The summed E-state index contributed by atoms with van der Waals surface area (Å²) in [5.74, 6) is 4.29. The summed E-state index contributed by atoms with van der Waals surface area (Å²) < 4.78 is 59.2. The van der Waals surface area contributed by atoms with Crippen LogP contribution in [0.5, 0.6) is 17.2 Å². The van der Waals surface area contributed by atoms with Gasteiger partial charge in [-0.05, 0) is 113 Å². The Bertz CT molecular complexity index is 1730. The Morgan fingerprint density at radius 3 is 0.569 bits per heavy atom. The van der Waals surface area contributed by atoms with Gasteiger partial charge in [-0.25, -0.2) is 0 Å². The van der Waals surface area contributed by atoms with Crippen molar-refractivity contribution in [2.45, 2.75) is 243 Å². The SMILES string of the molecule is F[P-](F)(F)(F)(F)F.Oc1c(C2CCCCC2)cc([S+](c2cc(C3CCCCC3)c(O)c(C3CCCCC3)c2)c2cc(C3CCCCC3)c(O)c(C3CCCCC3)c2)cc1C1CCCCC1. The van der Waals surface area contributed by atoms with E-state index in [4.69, 9.17) is 0 Å². The number of hydrogen-bond acceptors (Lipinski definition) is 3. The van der Waals surface area contributed by atoms with E-state index in [1.165, 1.54) is 241 Å². The van der Waals surface area contributed by atoms with Crippen LogP contribution in [0.1, 0.15) is 262 Å². The fraction of sp³-hybridized carbons (Fsp3) is 0.667. The zero-order valence-electron chi connectivity index (χ0n) is 38.6. The predicted octanol–water partition coefficient (Wildman–Crippen LogP) is 19.6. The maximum absolute atomic E-state index is 12.4. The van der Waals surface area contributed by atoms with Gasteiger partial charge in [0.1, 0.15) is 17.2 Å². The molecule has 0 bridgehead atoms. The third kappa shape index (κ3) is 12.9. The van der Waals surface area contributed by atoms with Crippen molar-refractivity contribution in [2.24, 2.45) is 0 Å².